The van der Waals surface area contributed by atoms with E-state index in [1.807, 2.05) is 12.1 Å². The number of hydrogen-bond donors (Lipinski definition) is 2. The van der Waals surface area contributed by atoms with Gasteiger partial charge in [-0.3, -0.25) is 4.79 Å². The van der Waals surface area contributed by atoms with Gasteiger partial charge in [0.25, 0.3) is 5.91 Å². The molecule has 5 nitrogen and oxygen atoms in total. The number of nitrogens with zero attached hydrogens (tertiary/aromatic N) is 1. The minimum atomic E-state index is -0.228. The van der Waals surface area contributed by atoms with Crippen LogP contribution in [-0.4, -0.2) is 24.0 Å². The SMILES string of the molecule is Nc1cccc(OCCNC(=O)c2ccc(Br)cn2)c1. The highest BCUT2D eigenvalue weighted by molar-refractivity contribution is 9.10. The van der Waals surface area contributed by atoms with Gasteiger partial charge in [0, 0.05) is 22.4 Å². The average Bonchev–Trinajstić information content (AvgIpc) is 2.44. The van der Waals surface area contributed by atoms with E-state index in [1.54, 1.807) is 30.5 Å². The number of anilines is 1. The van der Waals surface area contributed by atoms with Crippen LogP contribution in [0, 0.1) is 0 Å². The van der Waals surface area contributed by atoms with Crippen molar-refractivity contribution in [1.82, 2.24) is 10.3 Å². The molecular weight excluding hydrogens is 322 g/mol. The first-order chi connectivity index (χ1) is 9.65. The topological polar surface area (TPSA) is 77.2 Å². The first-order valence-electron chi connectivity index (χ1n) is 6.03. The Balaban J connectivity index is 1.76. The largest absolute Gasteiger partial charge is 0.492 e. The fourth-order valence-electron chi connectivity index (χ4n) is 1.54. The van der Waals surface area contributed by atoms with E-state index in [9.17, 15) is 4.79 Å². The van der Waals surface area contributed by atoms with Crippen LogP contribution in [0.15, 0.2) is 47.1 Å². The minimum absolute atomic E-state index is 0.228. The third kappa shape index (κ3) is 4.24. The van der Waals surface area contributed by atoms with Gasteiger partial charge in [0.1, 0.15) is 18.1 Å². The Bertz CT molecular complexity index is 587. The molecule has 20 heavy (non-hydrogen) atoms. The van der Waals surface area contributed by atoms with Crippen LogP contribution in [-0.2, 0) is 0 Å². The van der Waals surface area contributed by atoms with Crippen molar-refractivity contribution in [3.8, 4) is 5.75 Å². The molecule has 0 aliphatic rings. The van der Waals surface area contributed by atoms with E-state index in [0.717, 1.165) is 4.47 Å². The summed E-state index contributed by atoms with van der Waals surface area (Å²) in [6.45, 7) is 0.761. The van der Waals surface area contributed by atoms with Crippen LogP contribution in [0.1, 0.15) is 10.5 Å². The van der Waals surface area contributed by atoms with E-state index in [4.69, 9.17) is 10.5 Å². The minimum Gasteiger partial charge on any atom is -0.492 e. The van der Waals surface area contributed by atoms with Gasteiger partial charge in [0.05, 0.1) is 6.54 Å². The summed E-state index contributed by atoms with van der Waals surface area (Å²) in [6, 6.07) is 10.6. The van der Waals surface area contributed by atoms with Crippen molar-refractivity contribution in [2.75, 3.05) is 18.9 Å². The zero-order valence-corrected chi connectivity index (χ0v) is 12.3. The molecular formula is C14H14BrN3O2. The number of aromatic nitrogens is 1. The fourth-order valence-corrected chi connectivity index (χ4v) is 1.77. The molecule has 0 saturated heterocycles. The van der Waals surface area contributed by atoms with Gasteiger partial charge in [-0.1, -0.05) is 6.07 Å². The zero-order chi connectivity index (χ0) is 14.4. The lowest BCUT2D eigenvalue weighted by atomic mass is 10.3. The summed E-state index contributed by atoms with van der Waals surface area (Å²) in [6.07, 6.45) is 1.58. The highest BCUT2D eigenvalue weighted by atomic mass is 79.9. The number of nitrogens with two attached hydrogens (primary N) is 1. The summed E-state index contributed by atoms with van der Waals surface area (Å²) in [4.78, 5) is 15.8. The van der Waals surface area contributed by atoms with Crippen LogP contribution in [0.2, 0.25) is 0 Å². The van der Waals surface area contributed by atoms with Gasteiger partial charge in [-0.15, -0.1) is 0 Å². The van der Waals surface area contributed by atoms with Crippen molar-refractivity contribution in [2.45, 2.75) is 0 Å². The molecule has 1 aromatic carbocycles. The number of carbonyl (C=O) groups excluding carboxylic acids is 1. The van der Waals surface area contributed by atoms with Gasteiger partial charge in [-0.2, -0.15) is 0 Å². The summed E-state index contributed by atoms with van der Waals surface area (Å²) in [5.74, 6) is 0.453. The molecule has 2 aromatic rings. The van der Waals surface area contributed by atoms with Crippen LogP contribution in [0.4, 0.5) is 5.69 Å². The van der Waals surface area contributed by atoms with E-state index >= 15 is 0 Å². The molecule has 0 saturated carbocycles. The molecule has 1 heterocycles. The van der Waals surface area contributed by atoms with Crippen LogP contribution >= 0.6 is 15.9 Å². The normalized spacial score (nSPS) is 10.1. The molecule has 0 aliphatic carbocycles. The molecule has 1 amide bonds. The standard InChI is InChI=1S/C14H14BrN3O2/c15-10-4-5-13(18-9-10)14(19)17-6-7-20-12-3-1-2-11(16)8-12/h1-5,8-9H,6-7,16H2,(H,17,19). The quantitative estimate of drug-likeness (QED) is 0.648. The number of nitrogen functional groups attached to an aromatic ring is 1. The second kappa shape index (κ2) is 6.91. The van der Waals surface area contributed by atoms with E-state index in [2.05, 4.69) is 26.2 Å². The second-order valence-electron chi connectivity index (χ2n) is 4.04. The highest BCUT2D eigenvalue weighted by Gasteiger charge is 2.05. The molecule has 0 bridgehead atoms. The maximum atomic E-state index is 11.8. The molecule has 2 rings (SSSR count). The Kier molecular flexibility index (Phi) is 4.95. The van der Waals surface area contributed by atoms with E-state index in [0.29, 0.717) is 30.3 Å². The maximum Gasteiger partial charge on any atom is 0.269 e. The molecule has 0 aliphatic heterocycles. The van der Waals surface area contributed by atoms with Gasteiger partial charge in [0.2, 0.25) is 0 Å². The lowest BCUT2D eigenvalue weighted by molar-refractivity contribution is 0.0942. The van der Waals surface area contributed by atoms with E-state index in [1.165, 1.54) is 0 Å². The van der Waals surface area contributed by atoms with Crippen molar-refractivity contribution in [2.24, 2.45) is 0 Å². The van der Waals surface area contributed by atoms with Crippen molar-refractivity contribution in [3.63, 3.8) is 0 Å². The molecule has 1 aromatic heterocycles. The predicted octanol–water partition coefficient (Wildman–Crippen LogP) is 2.24. The molecule has 0 unspecified atom stereocenters. The number of pyridine rings is 1. The number of benzene rings is 1. The summed E-state index contributed by atoms with van der Waals surface area (Å²) in [7, 11) is 0. The monoisotopic (exact) mass is 335 g/mol. The average molecular weight is 336 g/mol. The number of ether oxygens (including phenoxy) is 1. The predicted molar refractivity (Wildman–Crippen MR) is 80.6 cm³/mol. The number of halogens is 1. The van der Waals surface area contributed by atoms with Gasteiger partial charge in [-0.05, 0) is 40.2 Å². The summed E-state index contributed by atoms with van der Waals surface area (Å²) in [5.41, 5.74) is 6.65. The van der Waals surface area contributed by atoms with Gasteiger partial charge in [0.15, 0.2) is 0 Å². The summed E-state index contributed by atoms with van der Waals surface area (Å²) < 4.78 is 6.30. The first kappa shape index (κ1) is 14.3. The van der Waals surface area contributed by atoms with Gasteiger partial charge >= 0.3 is 0 Å². The molecule has 6 heteroatoms. The molecule has 0 radical (unpaired) electrons. The Labute approximate surface area is 125 Å². The number of nitrogens with one attached hydrogen (secondary N) is 1. The Morgan fingerprint density at radius 2 is 2.20 bits per heavy atom. The molecule has 0 atom stereocenters. The molecule has 104 valence electrons. The van der Waals surface area contributed by atoms with Gasteiger partial charge < -0.3 is 15.8 Å². The third-order valence-electron chi connectivity index (χ3n) is 2.47. The lowest BCUT2D eigenvalue weighted by Crippen LogP contribution is -2.28. The number of hydrogen-bond acceptors (Lipinski definition) is 4. The van der Waals surface area contributed by atoms with E-state index in [-0.39, 0.29) is 5.91 Å². The number of amides is 1. The first-order valence-corrected chi connectivity index (χ1v) is 6.82. The van der Waals surface area contributed by atoms with Crippen LogP contribution in [0.3, 0.4) is 0 Å². The van der Waals surface area contributed by atoms with Crippen LogP contribution in [0.25, 0.3) is 0 Å². The molecule has 3 N–H and O–H groups in total. The Hall–Kier alpha value is -2.08. The van der Waals surface area contributed by atoms with Crippen molar-refractivity contribution < 1.29 is 9.53 Å². The van der Waals surface area contributed by atoms with Gasteiger partial charge in [-0.25, -0.2) is 4.98 Å². The molecule has 0 spiro atoms. The van der Waals surface area contributed by atoms with Crippen molar-refractivity contribution in [1.29, 1.82) is 0 Å². The molecule has 0 fully saturated rings. The van der Waals surface area contributed by atoms with Crippen LogP contribution in [0.5, 0.6) is 5.75 Å². The highest BCUT2D eigenvalue weighted by Crippen LogP contribution is 2.13. The number of carbonyl (C=O) groups is 1. The van der Waals surface area contributed by atoms with Crippen LogP contribution < -0.4 is 15.8 Å². The Morgan fingerprint density at radius 3 is 2.90 bits per heavy atom. The van der Waals surface area contributed by atoms with Crippen molar-refractivity contribution >= 4 is 27.5 Å². The smallest absolute Gasteiger partial charge is 0.269 e. The van der Waals surface area contributed by atoms with E-state index < -0.39 is 0 Å². The fraction of sp³-hybridized carbons (Fsp3) is 0.143. The summed E-state index contributed by atoms with van der Waals surface area (Å²) >= 11 is 3.27. The zero-order valence-electron chi connectivity index (χ0n) is 10.7. The van der Waals surface area contributed by atoms with Crippen molar-refractivity contribution in [3.05, 3.63) is 52.8 Å². The summed E-state index contributed by atoms with van der Waals surface area (Å²) in [5, 5.41) is 2.73. The third-order valence-corrected chi connectivity index (χ3v) is 2.94. The Morgan fingerprint density at radius 1 is 1.35 bits per heavy atom. The second-order valence-corrected chi connectivity index (χ2v) is 4.95. The lowest BCUT2D eigenvalue weighted by Gasteiger charge is -2.08. The number of rotatable bonds is 5. The maximum absolute atomic E-state index is 11.8.